The lowest BCUT2D eigenvalue weighted by atomic mass is 10.2. The molecule has 0 aromatic heterocycles. The SMILES string of the molecule is COc1ccc2c(c1Br)COCO2. The zero-order valence-electron chi connectivity index (χ0n) is 7.17. The summed E-state index contributed by atoms with van der Waals surface area (Å²) in [6.07, 6.45) is 0. The van der Waals surface area contributed by atoms with Gasteiger partial charge in [0.1, 0.15) is 11.5 Å². The van der Waals surface area contributed by atoms with Crippen molar-refractivity contribution >= 4 is 15.9 Å². The van der Waals surface area contributed by atoms with E-state index in [1.54, 1.807) is 7.11 Å². The van der Waals surface area contributed by atoms with Gasteiger partial charge in [-0.3, -0.25) is 0 Å². The monoisotopic (exact) mass is 244 g/mol. The molecule has 0 amide bonds. The highest BCUT2D eigenvalue weighted by Crippen LogP contribution is 2.36. The highest BCUT2D eigenvalue weighted by molar-refractivity contribution is 9.10. The standard InChI is InChI=1S/C9H9BrO3/c1-11-8-3-2-7-6(9(8)10)4-12-5-13-7/h2-3H,4-5H2,1H3. The Morgan fingerprint density at radius 2 is 2.31 bits per heavy atom. The second-order valence-electron chi connectivity index (χ2n) is 2.67. The molecule has 0 saturated heterocycles. The summed E-state index contributed by atoms with van der Waals surface area (Å²) in [4.78, 5) is 0. The Kier molecular flexibility index (Phi) is 2.42. The van der Waals surface area contributed by atoms with Crippen LogP contribution in [0.4, 0.5) is 0 Å². The first-order valence-corrected chi connectivity index (χ1v) is 4.68. The normalized spacial score (nSPS) is 14.6. The van der Waals surface area contributed by atoms with Gasteiger partial charge >= 0.3 is 0 Å². The third-order valence-corrected chi connectivity index (χ3v) is 2.80. The van der Waals surface area contributed by atoms with Crippen molar-refractivity contribution in [2.24, 2.45) is 0 Å². The number of halogens is 1. The Labute approximate surface area is 84.7 Å². The number of methoxy groups -OCH3 is 1. The van der Waals surface area contributed by atoms with E-state index in [-0.39, 0.29) is 0 Å². The van der Waals surface area contributed by atoms with Gasteiger partial charge < -0.3 is 14.2 Å². The fraction of sp³-hybridized carbons (Fsp3) is 0.333. The zero-order valence-corrected chi connectivity index (χ0v) is 8.76. The van der Waals surface area contributed by atoms with Gasteiger partial charge in [-0.2, -0.15) is 0 Å². The van der Waals surface area contributed by atoms with Crippen LogP contribution in [0.2, 0.25) is 0 Å². The number of ether oxygens (including phenoxy) is 3. The van der Waals surface area contributed by atoms with Crippen molar-refractivity contribution in [2.75, 3.05) is 13.9 Å². The minimum atomic E-state index is 0.325. The lowest BCUT2D eigenvalue weighted by Crippen LogP contribution is -2.11. The molecule has 1 aromatic carbocycles. The van der Waals surface area contributed by atoms with Crippen LogP contribution in [0.25, 0.3) is 0 Å². The van der Waals surface area contributed by atoms with E-state index in [0.29, 0.717) is 13.4 Å². The van der Waals surface area contributed by atoms with Crippen LogP contribution in [-0.2, 0) is 11.3 Å². The Morgan fingerprint density at radius 1 is 1.46 bits per heavy atom. The second-order valence-corrected chi connectivity index (χ2v) is 3.46. The molecule has 1 aliphatic rings. The summed E-state index contributed by atoms with van der Waals surface area (Å²) in [5, 5.41) is 0. The van der Waals surface area contributed by atoms with Crippen molar-refractivity contribution in [2.45, 2.75) is 6.61 Å². The molecule has 0 radical (unpaired) electrons. The van der Waals surface area contributed by atoms with Gasteiger partial charge in [-0.15, -0.1) is 0 Å². The highest BCUT2D eigenvalue weighted by atomic mass is 79.9. The Bertz CT molecular complexity index is 325. The summed E-state index contributed by atoms with van der Waals surface area (Å²) < 4.78 is 16.5. The van der Waals surface area contributed by atoms with Crippen molar-refractivity contribution in [1.82, 2.24) is 0 Å². The van der Waals surface area contributed by atoms with Crippen LogP contribution in [0.1, 0.15) is 5.56 Å². The molecule has 3 nitrogen and oxygen atoms in total. The third kappa shape index (κ3) is 1.51. The molecule has 0 aliphatic carbocycles. The van der Waals surface area contributed by atoms with Crippen LogP contribution < -0.4 is 9.47 Å². The molecule has 1 aromatic rings. The van der Waals surface area contributed by atoms with E-state index >= 15 is 0 Å². The van der Waals surface area contributed by atoms with Gasteiger partial charge in [0, 0.05) is 5.56 Å². The second kappa shape index (κ2) is 3.55. The lowest BCUT2D eigenvalue weighted by molar-refractivity contribution is -0.0169. The molecule has 0 unspecified atom stereocenters. The van der Waals surface area contributed by atoms with Gasteiger partial charge in [-0.1, -0.05) is 0 Å². The Morgan fingerprint density at radius 3 is 3.08 bits per heavy atom. The van der Waals surface area contributed by atoms with Crippen molar-refractivity contribution < 1.29 is 14.2 Å². The van der Waals surface area contributed by atoms with Crippen LogP contribution in [0.15, 0.2) is 16.6 Å². The molecule has 0 atom stereocenters. The van der Waals surface area contributed by atoms with Gasteiger partial charge in [-0.25, -0.2) is 0 Å². The largest absolute Gasteiger partial charge is 0.496 e. The van der Waals surface area contributed by atoms with E-state index in [1.807, 2.05) is 12.1 Å². The van der Waals surface area contributed by atoms with Gasteiger partial charge in [-0.05, 0) is 28.1 Å². The molecule has 0 N–H and O–H groups in total. The van der Waals surface area contributed by atoms with Crippen molar-refractivity contribution in [1.29, 1.82) is 0 Å². The quantitative estimate of drug-likeness (QED) is 0.759. The molecule has 0 spiro atoms. The topological polar surface area (TPSA) is 27.7 Å². The Balaban J connectivity index is 2.48. The first-order valence-electron chi connectivity index (χ1n) is 3.89. The average Bonchev–Trinajstić information content (AvgIpc) is 2.19. The minimum Gasteiger partial charge on any atom is -0.496 e. The highest BCUT2D eigenvalue weighted by Gasteiger charge is 2.16. The third-order valence-electron chi connectivity index (χ3n) is 1.93. The molecule has 0 bridgehead atoms. The Hall–Kier alpha value is -0.740. The van der Waals surface area contributed by atoms with Crippen LogP contribution >= 0.6 is 15.9 Å². The molecule has 0 fully saturated rings. The first-order chi connectivity index (χ1) is 6.33. The maximum Gasteiger partial charge on any atom is 0.189 e. The van der Waals surface area contributed by atoms with E-state index < -0.39 is 0 Å². The summed E-state index contributed by atoms with van der Waals surface area (Å²) in [6, 6.07) is 3.76. The summed E-state index contributed by atoms with van der Waals surface area (Å²) in [7, 11) is 1.64. The summed E-state index contributed by atoms with van der Waals surface area (Å²) in [6.45, 7) is 0.888. The van der Waals surface area contributed by atoms with Gasteiger partial charge in [0.2, 0.25) is 0 Å². The van der Waals surface area contributed by atoms with Gasteiger partial charge in [0.25, 0.3) is 0 Å². The molecule has 70 valence electrons. The minimum absolute atomic E-state index is 0.325. The maximum absolute atomic E-state index is 5.30. The van der Waals surface area contributed by atoms with Crippen LogP contribution in [0, 0.1) is 0 Å². The number of fused-ring (bicyclic) bond motifs is 1. The van der Waals surface area contributed by atoms with Crippen molar-refractivity contribution in [3.63, 3.8) is 0 Å². The molecule has 4 heteroatoms. The van der Waals surface area contributed by atoms with Crippen LogP contribution in [-0.4, -0.2) is 13.9 Å². The predicted molar refractivity (Wildman–Crippen MR) is 51.0 cm³/mol. The fourth-order valence-electron chi connectivity index (χ4n) is 1.26. The number of benzene rings is 1. The maximum atomic E-state index is 5.30. The predicted octanol–water partition coefficient (Wildman–Crippen LogP) is 2.32. The molecular formula is C9H9BrO3. The summed E-state index contributed by atoms with van der Waals surface area (Å²) in [5.41, 5.74) is 1.01. The van der Waals surface area contributed by atoms with E-state index in [0.717, 1.165) is 21.5 Å². The molecule has 2 rings (SSSR count). The van der Waals surface area contributed by atoms with E-state index in [1.165, 1.54) is 0 Å². The molecule has 1 heterocycles. The van der Waals surface area contributed by atoms with E-state index in [9.17, 15) is 0 Å². The molecular weight excluding hydrogens is 236 g/mol. The number of rotatable bonds is 1. The zero-order chi connectivity index (χ0) is 9.26. The van der Waals surface area contributed by atoms with E-state index in [2.05, 4.69) is 15.9 Å². The molecule has 13 heavy (non-hydrogen) atoms. The van der Waals surface area contributed by atoms with Crippen LogP contribution in [0.5, 0.6) is 11.5 Å². The fourth-order valence-corrected chi connectivity index (χ4v) is 1.86. The summed E-state index contributed by atoms with van der Waals surface area (Å²) >= 11 is 3.44. The van der Waals surface area contributed by atoms with Crippen molar-refractivity contribution in [3.8, 4) is 11.5 Å². The average molecular weight is 245 g/mol. The first kappa shape index (κ1) is 8.84. The van der Waals surface area contributed by atoms with E-state index in [4.69, 9.17) is 14.2 Å². The van der Waals surface area contributed by atoms with Crippen LogP contribution in [0.3, 0.4) is 0 Å². The summed E-state index contributed by atoms with van der Waals surface area (Å²) in [5.74, 6) is 1.66. The number of hydrogen-bond acceptors (Lipinski definition) is 3. The lowest BCUT2D eigenvalue weighted by Gasteiger charge is -2.19. The molecule has 0 saturated carbocycles. The number of hydrogen-bond donors (Lipinski definition) is 0. The van der Waals surface area contributed by atoms with Gasteiger partial charge in [0.15, 0.2) is 6.79 Å². The van der Waals surface area contributed by atoms with Crippen molar-refractivity contribution in [3.05, 3.63) is 22.2 Å². The molecule has 1 aliphatic heterocycles. The van der Waals surface area contributed by atoms with Gasteiger partial charge in [0.05, 0.1) is 18.2 Å². The smallest absolute Gasteiger partial charge is 0.189 e.